The van der Waals surface area contributed by atoms with Crippen molar-refractivity contribution in [3.8, 4) is 5.75 Å². The van der Waals surface area contributed by atoms with E-state index in [1.807, 2.05) is 0 Å². The molecule has 0 radical (unpaired) electrons. The number of aromatic hydroxyl groups is 1. The molecule has 2 aromatic carbocycles. The van der Waals surface area contributed by atoms with Crippen LogP contribution >= 0.6 is 0 Å². The number of hydrogen-bond acceptors (Lipinski definition) is 4. The summed E-state index contributed by atoms with van der Waals surface area (Å²) in [4.78, 5) is 0. The Labute approximate surface area is 167 Å². The van der Waals surface area contributed by atoms with E-state index in [-0.39, 0.29) is 22.3 Å². The monoisotopic (exact) mass is 427 g/mol. The summed E-state index contributed by atoms with van der Waals surface area (Å²) in [7, 11) is 0. The molecule has 0 fully saturated rings. The number of rotatable bonds is 2. The van der Waals surface area contributed by atoms with Gasteiger partial charge >= 0.3 is 6.18 Å². The molecule has 0 spiro atoms. The predicted octanol–water partition coefficient (Wildman–Crippen LogP) is 4.67. The Hall–Kier alpha value is -2.88. The van der Waals surface area contributed by atoms with E-state index in [9.17, 15) is 32.2 Å². The van der Waals surface area contributed by atoms with Crippen molar-refractivity contribution in [2.45, 2.75) is 43.5 Å². The molecule has 10 heteroatoms. The zero-order chi connectivity index (χ0) is 22.1. The van der Waals surface area contributed by atoms with E-state index in [1.165, 1.54) is 20.0 Å². The van der Waals surface area contributed by atoms with Gasteiger partial charge in [0, 0.05) is 16.6 Å². The van der Waals surface area contributed by atoms with Gasteiger partial charge in [-0.15, -0.1) is 0 Å². The minimum absolute atomic E-state index is 0.0408. The van der Waals surface area contributed by atoms with Crippen LogP contribution in [0, 0.1) is 11.6 Å². The number of phenolic OH excluding ortho intramolecular Hbond substituents is 1. The lowest BCUT2D eigenvalue weighted by Gasteiger charge is -2.49. The molecule has 30 heavy (non-hydrogen) atoms. The highest BCUT2D eigenvalue weighted by Crippen LogP contribution is 2.56. The molecule has 0 aliphatic heterocycles. The molecule has 0 saturated carbocycles. The third-order valence-corrected chi connectivity index (χ3v) is 5.65. The van der Waals surface area contributed by atoms with Gasteiger partial charge in [0.25, 0.3) is 0 Å². The third kappa shape index (κ3) is 2.89. The quantitative estimate of drug-likeness (QED) is 0.448. The molecule has 0 saturated heterocycles. The van der Waals surface area contributed by atoms with Gasteiger partial charge in [-0.05, 0) is 35.6 Å². The molecular weight excluding hydrogens is 409 g/mol. The average Bonchev–Trinajstić information content (AvgIpc) is 3.07. The van der Waals surface area contributed by atoms with E-state index in [1.54, 1.807) is 0 Å². The number of alkyl halides is 3. The number of H-pyrrole nitrogens is 1. The van der Waals surface area contributed by atoms with Crippen LogP contribution in [0.1, 0.15) is 37.4 Å². The topological polar surface area (TPSA) is 81.2 Å². The fourth-order valence-corrected chi connectivity index (χ4v) is 4.41. The largest absolute Gasteiger partial charge is 0.505 e. The first kappa shape index (κ1) is 20.4. The Morgan fingerprint density at radius 2 is 1.90 bits per heavy atom. The van der Waals surface area contributed by atoms with E-state index in [4.69, 9.17) is 0 Å². The van der Waals surface area contributed by atoms with E-state index in [0.717, 1.165) is 24.3 Å². The minimum Gasteiger partial charge on any atom is -0.505 e. The maximum absolute atomic E-state index is 14.1. The molecule has 0 bridgehead atoms. The summed E-state index contributed by atoms with van der Waals surface area (Å²) >= 11 is 0. The van der Waals surface area contributed by atoms with Crippen LogP contribution in [0.15, 0.2) is 30.5 Å². The number of anilines is 1. The fraction of sp³-hybridized carbons (Fsp3) is 0.350. The molecule has 2 atom stereocenters. The lowest BCUT2D eigenvalue weighted by Crippen LogP contribution is -2.58. The summed E-state index contributed by atoms with van der Waals surface area (Å²) in [6, 6.07) is 2.19. The van der Waals surface area contributed by atoms with Gasteiger partial charge in [0.15, 0.2) is 17.2 Å². The van der Waals surface area contributed by atoms with Gasteiger partial charge in [-0.3, -0.25) is 5.10 Å². The molecule has 5 nitrogen and oxygen atoms in total. The first-order valence-electron chi connectivity index (χ1n) is 9.05. The Bertz CT molecular complexity index is 1140. The van der Waals surface area contributed by atoms with Crippen LogP contribution in [0.4, 0.5) is 27.6 Å². The number of phenols is 1. The second-order valence-electron chi connectivity index (χ2n) is 8.20. The zero-order valence-electron chi connectivity index (χ0n) is 15.9. The Morgan fingerprint density at radius 1 is 1.20 bits per heavy atom. The second kappa shape index (κ2) is 6.31. The molecule has 1 aliphatic rings. The number of aromatic amines is 1. The number of halogens is 5. The Balaban J connectivity index is 1.97. The van der Waals surface area contributed by atoms with Gasteiger partial charge in [-0.25, -0.2) is 8.78 Å². The Morgan fingerprint density at radius 3 is 2.57 bits per heavy atom. The van der Waals surface area contributed by atoms with E-state index >= 15 is 0 Å². The lowest BCUT2D eigenvalue weighted by atomic mass is 9.63. The number of fused-ring (bicyclic) bond motifs is 2. The summed E-state index contributed by atoms with van der Waals surface area (Å²) in [6.07, 6.45) is -4.62. The first-order valence-corrected chi connectivity index (χ1v) is 9.05. The van der Waals surface area contributed by atoms with Gasteiger partial charge < -0.3 is 15.5 Å². The lowest BCUT2D eigenvalue weighted by molar-refractivity contribution is -0.276. The van der Waals surface area contributed by atoms with Crippen molar-refractivity contribution in [2.24, 2.45) is 0 Å². The van der Waals surface area contributed by atoms with Crippen molar-refractivity contribution in [3.63, 3.8) is 0 Å². The third-order valence-electron chi connectivity index (χ3n) is 5.65. The molecule has 1 aromatic heterocycles. The van der Waals surface area contributed by atoms with Crippen molar-refractivity contribution < 1.29 is 32.2 Å². The highest BCUT2D eigenvalue weighted by atomic mass is 19.4. The second-order valence-corrected chi connectivity index (χ2v) is 8.20. The smallest absolute Gasteiger partial charge is 0.419 e. The van der Waals surface area contributed by atoms with Gasteiger partial charge in [0.2, 0.25) is 0 Å². The van der Waals surface area contributed by atoms with Crippen molar-refractivity contribution in [2.75, 3.05) is 5.32 Å². The van der Waals surface area contributed by atoms with Crippen LogP contribution in [0.25, 0.3) is 10.9 Å². The molecule has 160 valence electrons. The summed E-state index contributed by atoms with van der Waals surface area (Å²) < 4.78 is 70.4. The molecule has 3 aromatic rings. The summed E-state index contributed by atoms with van der Waals surface area (Å²) in [5, 5.41) is 30.4. The van der Waals surface area contributed by atoms with Crippen LogP contribution < -0.4 is 5.32 Å². The van der Waals surface area contributed by atoms with Gasteiger partial charge in [0.1, 0.15) is 5.82 Å². The van der Waals surface area contributed by atoms with Crippen LogP contribution in [-0.4, -0.2) is 32.2 Å². The number of hydrogen-bond donors (Lipinski definition) is 4. The number of aromatic nitrogens is 2. The van der Waals surface area contributed by atoms with E-state index in [0.29, 0.717) is 5.39 Å². The number of aliphatic hydroxyl groups is 1. The van der Waals surface area contributed by atoms with Crippen molar-refractivity contribution >= 4 is 16.6 Å². The molecule has 4 N–H and O–H groups in total. The SMILES string of the molecule is CC1(C)CC(O)(C(F)(F)F)C(Nc2cc(F)cc3[nH]ncc23)c2ccc(F)c(O)c21. The van der Waals surface area contributed by atoms with Gasteiger partial charge in [0.05, 0.1) is 17.8 Å². The normalized spacial score (nSPS) is 23.4. The van der Waals surface area contributed by atoms with E-state index < -0.39 is 47.0 Å². The highest BCUT2D eigenvalue weighted by molar-refractivity contribution is 5.91. The van der Waals surface area contributed by atoms with Crippen molar-refractivity contribution in [3.05, 3.63) is 53.2 Å². The van der Waals surface area contributed by atoms with Gasteiger partial charge in [-0.1, -0.05) is 19.9 Å². The highest BCUT2D eigenvalue weighted by Gasteiger charge is 2.64. The fourth-order valence-electron chi connectivity index (χ4n) is 4.41. The van der Waals surface area contributed by atoms with Gasteiger partial charge in [-0.2, -0.15) is 18.3 Å². The van der Waals surface area contributed by atoms with Crippen molar-refractivity contribution in [1.82, 2.24) is 10.2 Å². The molecule has 2 unspecified atom stereocenters. The Kier molecular flexibility index (Phi) is 4.29. The number of nitrogens with one attached hydrogen (secondary N) is 2. The summed E-state index contributed by atoms with van der Waals surface area (Å²) in [5.74, 6) is -2.50. The predicted molar refractivity (Wildman–Crippen MR) is 99.1 cm³/mol. The average molecular weight is 427 g/mol. The minimum atomic E-state index is -5.08. The molecule has 1 heterocycles. The zero-order valence-corrected chi connectivity index (χ0v) is 15.9. The molecule has 0 amide bonds. The molecule has 4 rings (SSSR count). The van der Waals surface area contributed by atoms with Crippen LogP contribution in [0.2, 0.25) is 0 Å². The van der Waals surface area contributed by atoms with Crippen molar-refractivity contribution in [1.29, 1.82) is 0 Å². The molecule has 1 aliphatic carbocycles. The van der Waals surface area contributed by atoms with Crippen LogP contribution in [0.3, 0.4) is 0 Å². The maximum Gasteiger partial charge on any atom is 0.419 e. The standard InChI is InChI=1S/C20H18F5N3O2/c1-18(2)8-19(30,20(23,24)25)17(10-3-4-12(22)16(29)15(10)18)27-13-5-9(21)6-14-11(13)7-26-28-14/h3-7,17,27,29-30H,8H2,1-2H3,(H,26,28). The first-order chi connectivity index (χ1) is 13.8. The van der Waals surface area contributed by atoms with Crippen LogP contribution in [0.5, 0.6) is 5.75 Å². The van der Waals surface area contributed by atoms with Crippen LogP contribution in [-0.2, 0) is 5.41 Å². The van der Waals surface area contributed by atoms with E-state index in [2.05, 4.69) is 15.5 Å². The molecular formula is C20H18F5N3O2. The summed E-state index contributed by atoms with van der Waals surface area (Å²) in [6.45, 7) is 2.77. The maximum atomic E-state index is 14.1. The number of benzene rings is 2. The summed E-state index contributed by atoms with van der Waals surface area (Å²) in [5.41, 5.74) is -4.67. The number of nitrogens with zero attached hydrogens (tertiary/aromatic N) is 1.